The van der Waals surface area contributed by atoms with Crippen molar-refractivity contribution < 1.29 is 23.4 Å². The van der Waals surface area contributed by atoms with Crippen molar-refractivity contribution in [2.75, 3.05) is 7.11 Å². The summed E-state index contributed by atoms with van der Waals surface area (Å²) in [6.45, 7) is 0. The van der Waals surface area contributed by atoms with Gasteiger partial charge in [-0.3, -0.25) is 0 Å². The first-order valence-electron chi connectivity index (χ1n) is 3.73. The van der Waals surface area contributed by atoms with Gasteiger partial charge in [0.1, 0.15) is 10.2 Å². The van der Waals surface area contributed by atoms with Crippen LogP contribution in [0.4, 0.5) is 8.78 Å². The second-order valence-electron chi connectivity index (χ2n) is 2.52. The van der Waals surface area contributed by atoms with Gasteiger partial charge < -0.3 is 9.84 Å². The van der Waals surface area contributed by atoms with Crippen LogP contribution in [-0.2, 0) is 0 Å². The van der Waals surface area contributed by atoms with E-state index >= 15 is 0 Å². The molecular formula is C8H6BrF2NO3. The largest absolute Gasteiger partial charge is 0.480 e. The normalized spacial score (nSPS) is 10.5. The van der Waals surface area contributed by atoms with Crippen LogP contribution in [-0.4, -0.2) is 23.2 Å². The minimum atomic E-state index is -2.90. The van der Waals surface area contributed by atoms with Crippen LogP contribution in [0.5, 0.6) is 5.88 Å². The summed E-state index contributed by atoms with van der Waals surface area (Å²) in [5.74, 6) is -1.84. The number of carbonyl (C=O) groups is 1. The molecular weight excluding hydrogens is 276 g/mol. The second-order valence-corrected chi connectivity index (χ2v) is 3.34. The summed E-state index contributed by atoms with van der Waals surface area (Å²) in [5.41, 5.74) is -1.24. The maximum absolute atomic E-state index is 12.5. The van der Waals surface area contributed by atoms with Gasteiger partial charge in [0.05, 0.1) is 7.11 Å². The molecule has 0 spiro atoms. The van der Waals surface area contributed by atoms with Gasteiger partial charge in [-0.1, -0.05) is 0 Å². The molecule has 0 aliphatic carbocycles. The summed E-state index contributed by atoms with van der Waals surface area (Å²) in [6, 6.07) is 0.955. The number of alkyl halides is 2. The first-order valence-corrected chi connectivity index (χ1v) is 4.52. The summed E-state index contributed by atoms with van der Waals surface area (Å²) < 4.78 is 29.8. The molecule has 0 bridgehead atoms. The number of rotatable bonds is 3. The van der Waals surface area contributed by atoms with Crippen molar-refractivity contribution in [3.05, 3.63) is 21.8 Å². The van der Waals surface area contributed by atoms with Crippen LogP contribution < -0.4 is 4.74 Å². The molecule has 0 saturated carbocycles. The highest BCUT2D eigenvalue weighted by molar-refractivity contribution is 9.10. The molecule has 82 valence electrons. The maximum Gasteiger partial charge on any atom is 0.341 e. The van der Waals surface area contributed by atoms with Crippen molar-refractivity contribution in [3.63, 3.8) is 0 Å². The molecule has 7 heteroatoms. The summed E-state index contributed by atoms with van der Waals surface area (Å²) in [4.78, 5) is 14.4. The number of aromatic carboxylic acids is 1. The van der Waals surface area contributed by atoms with Crippen LogP contribution in [0.3, 0.4) is 0 Å². The van der Waals surface area contributed by atoms with Gasteiger partial charge in [-0.15, -0.1) is 0 Å². The van der Waals surface area contributed by atoms with Gasteiger partial charge in [-0.2, -0.15) is 0 Å². The lowest BCUT2D eigenvalue weighted by atomic mass is 10.1. The number of carboxylic acids is 1. The van der Waals surface area contributed by atoms with Crippen LogP contribution in [0.2, 0.25) is 0 Å². The van der Waals surface area contributed by atoms with Crippen LogP contribution >= 0.6 is 15.9 Å². The molecule has 0 aliphatic rings. The Bertz CT molecular complexity index is 398. The minimum absolute atomic E-state index is 0.0969. The van der Waals surface area contributed by atoms with Crippen LogP contribution in [0.15, 0.2) is 10.7 Å². The molecule has 0 unspecified atom stereocenters. The number of halogens is 3. The Labute approximate surface area is 92.0 Å². The average molecular weight is 282 g/mol. The predicted octanol–water partition coefficient (Wildman–Crippen LogP) is 2.49. The molecule has 0 aromatic carbocycles. The van der Waals surface area contributed by atoms with E-state index in [1.807, 2.05) is 0 Å². The zero-order valence-corrected chi connectivity index (χ0v) is 9.09. The summed E-state index contributed by atoms with van der Waals surface area (Å²) in [5, 5.41) is 8.75. The van der Waals surface area contributed by atoms with E-state index in [9.17, 15) is 13.6 Å². The smallest absolute Gasteiger partial charge is 0.341 e. The maximum atomic E-state index is 12.5. The second kappa shape index (κ2) is 4.52. The molecule has 4 nitrogen and oxygen atoms in total. The number of carboxylic acid groups (broad SMARTS) is 1. The highest BCUT2D eigenvalue weighted by Gasteiger charge is 2.24. The van der Waals surface area contributed by atoms with Crippen LogP contribution in [0, 0.1) is 0 Å². The van der Waals surface area contributed by atoms with Crippen molar-refractivity contribution in [1.29, 1.82) is 0 Å². The van der Waals surface area contributed by atoms with Gasteiger partial charge in [0.25, 0.3) is 6.43 Å². The number of hydrogen-bond acceptors (Lipinski definition) is 3. The van der Waals surface area contributed by atoms with Crippen molar-refractivity contribution in [1.82, 2.24) is 4.98 Å². The van der Waals surface area contributed by atoms with Crippen LogP contribution in [0.1, 0.15) is 22.3 Å². The number of aromatic nitrogens is 1. The van der Waals surface area contributed by atoms with Gasteiger partial charge in [-0.25, -0.2) is 18.6 Å². The third kappa shape index (κ3) is 2.41. The highest BCUT2D eigenvalue weighted by atomic mass is 79.9. The monoisotopic (exact) mass is 281 g/mol. The third-order valence-electron chi connectivity index (χ3n) is 1.63. The summed E-state index contributed by atoms with van der Waals surface area (Å²) >= 11 is 2.89. The average Bonchev–Trinajstić information content (AvgIpc) is 2.15. The molecule has 1 rings (SSSR count). The van der Waals surface area contributed by atoms with E-state index in [4.69, 9.17) is 5.11 Å². The van der Waals surface area contributed by atoms with E-state index in [1.165, 1.54) is 0 Å². The van der Waals surface area contributed by atoms with E-state index in [0.29, 0.717) is 0 Å². The van der Waals surface area contributed by atoms with Gasteiger partial charge in [-0.05, 0) is 22.0 Å². The molecule has 1 aromatic heterocycles. The molecule has 0 fully saturated rings. The Hall–Kier alpha value is -1.24. The molecule has 0 saturated heterocycles. The number of ether oxygens (including phenoxy) is 1. The Balaban J connectivity index is 3.47. The Morgan fingerprint density at radius 3 is 2.67 bits per heavy atom. The molecule has 15 heavy (non-hydrogen) atoms. The molecule has 0 amide bonds. The molecule has 1 heterocycles. The van der Waals surface area contributed by atoms with Crippen molar-refractivity contribution in [2.24, 2.45) is 0 Å². The molecule has 0 aliphatic heterocycles. The van der Waals surface area contributed by atoms with Gasteiger partial charge in [0.15, 0.2) is 0 Å². The highest BCUT2D eigenvalue weighted by Crippen LogP contribution is 2.30. The lowest BCUT2D eigenvalue weighted by Gasteiger charge is -2.09. The SMILES string of the molecule is COc1nc(Br)cc(C(F)F)c1C(=O)O. The first kappa shape index (κ1) is 11.8. The molecule has 0 radical (unpaired) electrons. The Morgan fingerprint density at radius 1 is 1.67 bits per heavy atom. The fraction of sp³-hybridized carbons (Fsp3) is 0.250. The van der Waals surface area contributed by atoms with Gasteiger partial charge >= 0.3 is 5.97 Å². The summed E-state index contributed by atoms with van der Waals surface area (Å²) in [7, 11) is 1.16. The molecule has 0 atom stereocenters. The van der Waals surface area contributed by atoms with E-state index in [2.05, 4.69) is 25.7 Å². The molecule has 1 aromatic rings. The lowest BCUT2D eigenvalue weighted by molar-refractivity contribution is 0.0679. The first-order chi connectivity index (χ1) is 6.97. The fourth-order valence-electron chi connectivity index (χ4n) is 1.04. The van der Waals surface area contributed by atoms with Crippen LogP contribution in [0.25, 0.3) is 0 Å². The van der Waals surface area contributed by atoms with Gasteiger partial charge in [0, 0.05) is 5.56 Å². The number of pyridine rings is 1. The van der Waals surface area contributed by atoms with E-state index in [-0.39, 0.29) is 10.5 Å². The number of nitrogens with zero attached hydrogens (tertiary/aromatic N) is 1. The molecule has 1 N–H and O–H groups in total. The fourth-order valence-corrected chi connectivity index (χ4v) is 1.45. The third-order valence-corrected chi connectivity index (χ3v) is 2.03. The number of hydrogen-bond donors (Lipinski definition) is 1. The Kier molecular flexibility index (Phi) is 3.57. The van der Waals surface area contributed by atoms with Gasteiger partial charge in [0.2, 0.25) is 5.88 Å². The zero-order chi connectivity index (χ0) is 11.6. The van der Waals surface area contributed by atoms with E-state index in [1.54, 1.807) is 0 Å². The van der Waals surface area contributed by atoms with E-state index in [0.717, 1.165) is 13.2 Å². The van der Waals surface area contributed by atoms with Crippen molar-refractivity contribution in [3.8, 4) is 5.88 Å². The standard InChI is InChI=1S/C8H6BrF2NO3/c1-15-7-5(8(13)14)3(6(10)11)2-4(9)12-7/h2,6H,1H3,(H,13,14). The van der Waals surface area contributed by atoms with Crippen molar-refractivity contribution in [2.45, 2.75) is 6.43 Å². The Morgan fingerprint density at radius 2 is 2.27 bits per heavy atom. The minimum Gasteiger partial charge on any atom is -0.480 e. The van der Waals surface area contributed by atoms with Crippen molar-refractivity contribution >= 4 is 21.9 Å². The number of methoxy groups -OCH3 is 1. The summed E-state index contributed by atoms with van der Waals surface area (Å²) in [6.07, 6.45) is -2.90. The zero-order valence-electron chi connectivity index (χ0n) is 7.50. The predicted molar refractivity (Wildman–Crippen MR) is 50.4 cm³/mol. The van der Waals surface area contributed by atoms with E-state index < -0.39 is 23.5 Å². The topological polar surface area (TPSA) is 59.4 Å². The lowest BCUT2D eigenvalue weighted by Crippen LogP contribution is -2.08. The quantitative estimate of drug-likeness (QED) is 0.865.